The van der Waals surface area contributed by atoms with Gasteiger partial charge in [0.05, 0.1) is 116 Å². The van der Waals surface area contributed by atoms with Gasteiger partial charge in [0.25, 0.3) is 11.8 Å². The van der Waals surface area contributed by atoms with Gasteiger partial charge in [0.1, 0.15) is 40.7 Å². The minimum Gasteiger partial charge on any atom is -0.496 e. The number of carbonyl (C=O) groups excluding carboxylic acids is 5. The highest BCUT2D eigenvalue weighted by Crippen LogP contribution is 2.38. The fourth-order valence-electron chi connectivity index (χ4n) is 14.8. The summed E-state index contributed by atoms with van der Waals surface area (Å²) in [7, 11) is 1.63. The van der Waals surface area contributed by atoms with E-state index in [-0.39, 0.29) is 45.5 Å². The number of carbonyl (C=O) groups is 5. The molecule has 0 saturated heterocycles. The summed E-state index contributed by atoms with van der Waals surface area (Å²) in [4.78, 5) is 103. The highest BCUT2D eigenvalue weighted by atomic mass is 35.5. The highest BCUT2D eigenvalue weighted by molar-refractivity contribution is 7.10. The monoisotopic (exact) mass is 1980 g/mol. The number of thiophene rings is 1. The lowest BCUT2D eigenvalue weighted by atomic mass is 10.0. The van der Waals surface area contributed by atoms with E-state index >= 15 is 0 Å². The van der Waals surface area contributed by atoms with E-state index in [2.05, 4.69) is 71.1 Å². The van der Waals surface area contributed by atoms with Crippen LogP contribution in [0.2, 0.25) is 45.2 Å². The number of para-hydroxylation sites is 10. The molecule has 0 spiro atoms. The van der Waals surface area contributed by atoms with Gasteiger partial charge in [-0.3, -0.25) is 24.0 Å². The number of H-pyrrole nitrogens is 5. The van der Waals surface area contributed by atoms with E-state index in [4.69, 9.17) is 109 Å². The number of rotatable bonds is 20. The molecule has 0 bridgehead atoms. The Balaban J connectivity index is 0.000000123. The molecule has 9 N–H and O–H groups in total. The third kappa shape index (κ3) is 24.0. The minimum absolute atomic E-state index is 0.0709. The Morgan fingerprint density at radius 1 is 0.319 bits per heavy atom. The number of hydrogen-bond donors (Lipinski definition) is 9. The van der Waals surface area contributed by atoms with Crippen molar-refractivity contribution in [3.8, 4) is 62.7 Å². The van der Waals surface area contributed by atoms with Gasteiger partial charge in [-0.25, -0.2) is 24.9 Å². The Kier molecular flexibility index (Phi) is 30.3. The number of aromatic amines is 5. The van der Waals surface area contributed by atoms with Crippen molar-refractivity contribution in [3.63, 3.8) is 0 Å². The zero-order valence-electron chi connectivity index (χ0n) is 71.8. The molecule has 0 fully saturated rings. The second kappa shape index (κ2) is 43.4. The average molecular weight is 1980 g/mol. The summed E-state index contributed by atoms with van der Waals surface area (Å²) in [5.74, 6) is 3.42. The van der Waals surface area contributed by atoms with Crippen LogP contribution in [0.5, 0.6) is 5.75 Å². The summed E-state index contributed by atoms with van der Waals surface area (Å²) in [5, 5.41) is 17.7. The van der Waals surface area contributed by atoms with Crippen molar-refractivity contribution in [2.24, 2.45) is 0 Å². The SMILES string of the molecule is COc1ccc(CC(=O)Nc2ccc(Cl)c(-c3nc4ccccc4[nH]3)c2)cc1C.Cc1cccc(CC(=O)Nc2ccc(Cl)c(-c3nc4ccccc4[nH]3)c2)c1.O=C(Cc1ccc(Cl)c(-c2nc3ccccc3[nH]2)c1)Cc1cccs1.O=C(Nc1ccc(Cl)c(-c2nc3ccccc3[nH]2)c1)c1c(Cl)cccc1Cl.O=C(Nc1ccc(Cl)c(-c2nc3ccccc3[nH]2)c1)c1cc(Cl)cc(Cl)c1. The van der Waals surface area contributed by atoms with Crippen LogP contribution in [0.15, 0.2) is 309 Å². The molecule has 0 aliphatic carbocycles. The smallest absolute Gasteiger partial charge is 0.258 e. The largest absolute Gasteiger partial charge is 0.496 e. The van der Waals surface area contributed by atoms with Gasteiger partial charge in [0.2, 0.25) is 11.8 Å². The number of aromatic nitrogens is 10. The van der Waals surface area contributed by atoms with E-state index in [0.29, 0.717) is 117 Å². The number of methoxy groups -OCH3 is 1. The van der Waals surface area contributed by atoms with Crippen LogP contribution >= 0.6 is 116 Å². The van der Waals surface area contributed by atoms with Crippen molar-refractivity contribution < 1.29 is 28.7 Å². The molecule has 6 heterocycles. The number of fused-ring (bicyclic) bond motifs is 5. The van der Waals surface area contributed by atoms with E-state index < -0.39 is 5.91 Å². The average Bonchev–Trinajstić information content (AvgIpc) is 1.67. The molecule has 672 valence electrons. The van der Waals surface area contributed by atoms with Crippen molar-refractivity contribution >= 4 is 223 Å². The zero-order chi connectivity index (χ0) is 94.3. The maximum absolute atomic E-state index is 12.6. The first kappa shape index (κ1) is 94.3. The van der Waals surface area contributed by atoms with E-state index in [1.807, 2.05) is 225 Å². The van der Waals surface area contributed by atoms with Gasteiger partial charge < -0.3 is 50.9 Å². The molecular formula is C105H77Cl9N14O6S. The Morgan fingerprint density at radius 2 is 0.674 bits per heavy atom. The number of anilines is 4. The summed E-state index contributed by atoms with van der Waals surface area (Å²) in [5.41, 5.74) is 20.7. The van der Waals surface area contributed by atoms with Gasteiger partial charge in [-0.05, 0) is 230 Å². The molecular weight excluding hydrogens is 1900 g/mol. The van der Waals surface area contributed by atoms with Gasteiger partial charge in [0, 0.05) is 83.9 Å². The van der Waals surface area contributed by atoms with Crippen LogP contribution in [0.25, 0.3) is 112 Å². The van der Waals surface area contributed by atoms with E-state index in [1.165, 1.54) is 0 Å². The van der Waals surface area contributed by atoms with Crippen molar-refractivity contribution in [1.82, 2.24) is 49.8 Å². The Hall–Kier alpha value is -13.9. The first-order valence-corrected chi connectivity index (χ1v) is 46.2. The van der Waals surface area contributed by atoms with E-state index in [0.717, 1.165) is 116 Å². The lowest BCUT2D eigenvalue weighted by Gasteiger charge is -2.10. The molecule has 4 amide bonds. The molecule has 0 atom stereocenters. The van der Waals surface area contributed by atoms with Crippen molar-refractivity contribution in [3.05, 3.63) is 398 Å². The molecule has 14 aromatic carbocycles. The van der Waals surface area contributed by atoms with Gasteiger partial charge >= 0.3 is 0 Å². The number of nitrogens with zero attached hydrogens (tertiary/aromatic N) is 5. The number of benzene rings is 14. The molecule has 20 aromatic rings. The number of halogens is 9. The van der Waals surface area contributed by atoms with Crippen molar-refractivity contribution in [2.45, 2.75) is 39.5 Å². The lowest BCUT2D eigenvalue weighted by molar-refractivity contribution is -0.118. The zero-order valence-corrected chi connectivity index (χ0v) is 79.4. The minimum atomic E-state index is -0.400. The van der Waals surface area contributed by atoms with Gasteiger partial charge in [-0.1, -0.05) is 225 Å². The number of ether oxygens (including phenoxy) is 1. The quantitative estimate of drug-likeness (QED) is 0.0346. The number of amides is 4. The number of Topliss-reactive ketones (excluding diaryl/α,β-unsaturated/α-hetero) is 1. The normalized spacial score (nSPS) is 10.9. The van der Waals surface area contributed by atoms with Crippen molar-refractivity contribution in [1.29, 1.82) is 0 Å². The third-order valence-corrected chi connectivity index (χ3v) is 24.7. The summed E-state index contributed by atoms with van der Waals surface area (Å²) in [6, 6.07) is 92.9. The third-order valence-electron chi connectivity index (χ3n) is 21.1. The standard InChI is InChI=1S/C23H20ClN3O2.C22H18ClN3O.2C20H12Cl3N3O.C20H15ClN2OS/c1-14-11-15(7-10-21(14)29-2)12-22(28)25-16-8-9-18(24)17(13-16)23-26-19-5-3-4-6-20(19)27-23;1-14-5-4-6-15(11-14)12-21(27)24-16-9-10-18(23)17(13-16)22-25-19-7-2-3-8-20(19)26-22;21-13-9-8-11(24-20(27)18-14(22)4-3-5-15(18)23)10-12(13)19-25-16-6-1-2-7-17(16)26-19;21-12-7-11(8-13(22)9-12)20(27)24-14-5-6-16(23)15(10-14)19-25-17-3-1-2-4-18(17)26-19;21-17-8-7-13(10-14(24)12-15-4-3-9-25-15)11-16(17)20-22-18-5-1-2-6-19(18)23-20/h3-11,13H,12H2,1-2H3,(H,25,28)(H,26,27);2-11,13H,12H2,1H3,(H,24,27)(H,25,26);2*1-10H,(H,24,27)(H,25,26);1-9,11H,10,12H2,(H,22,23). The van der Waals surface area contributed by atoms with Crippen molar-refractivity contribution in [2.75, 3.05) is 28.4 Å². The first-order chi connectivity index (χ1) is 65.3. The van der Waals surface area contributed by atoms with Crippen LogP contribution in [0, 0.1) is 13.8 Å². The van der Waals surface area contributed by atoms with Gasteiger partial charge in [-0.15, -0.1) is 11.3 Å². The second-order valence-corrected chi connectivity index (χ2v) is 35.7. The first-order valence-electron chi connectivity index (χ1n) is 41.9. The van der Waals surface area contributed by atoms with Gasteiger partial charge in [-0.2, -0.15) is 0 Å². The molecule has 0 saturated carbocycles. The van der Waals surface area contributed by atoms with E-state index in [9.17, 15) is 24.0 Å². The fraction of sp³-hybridized carbons (Fsp3) is 0.0667. The molecule has 0 radical (unpaired) electrons. The molecule has 0 aliphatic heterocycles. The number of imidazole rings is 5. The van der Waals surface area contributed by atoms with Crippen LogP contribution in [0.4, 0.5) is 22.7 Å². The summed E-state index contributed by atoms with van der Waals surface area (Å²) in [6.07, 6.45) is 1.46. The van der Waals surface area contributed by atoms with Crippen LogP contribution in [0.1, 0.15) is 53.4 Å². The molecule has 30 heteroatoms. The number of nitrogens with one attached hydrogen (secondary N) is 9. The molecule has 135 heavy (non-hydrogen) atoms. The Labute approximate surface area is 823 Å². The maximum Gasteiger partial charge on any atom is 0.258 e. The molecule has 20 rings (SSSR count). The molecule has 20 nitrogen and oxygen atoms in total. The van der Waals surface area contributed by atoms with Crippen LogP contribution < -0.4 is 26.0 Å². The Bertz CT molecular complexity index is 7620. The van der Waals surface area contributed by atoms with Crippen LogP contribution in [0.3, 0.4) is 0 Å². The molecule has 0 aliphatic rings. The molecule has 0 unspecified atom stereocenters. The molecule has 6 aromatic heterocycles. The number of aryl methyl sites for hydroxylation is 2. The van der Waals surface area contributed by atoms with Gasteiger partial charge in [0.15, 0.2) is 0 Å². The van der Waals surface area contributed by atoms with E-state index in [1.54, 1.807) is 116 Å². The Morgan fingerprint density at radius 3 is 1.05 bits per heavy atom. The predicted octanol–water partition coefficient (Wildman–Crippen LogP) is 28.9. The summed E-state index contributed by atoms with van der Waals surface area (Å²) >= 11 is 57.6. The highest BCUT2D eigenvalue weighted by Gasteiger charge is 2.22. The summed E-state index contributed by atoms with van der Waals surface area (Å²) in [6.45, 7) is 3.97. The summed E-state index contributed by atoms with van der Waals surface area (Å²) < 4.78 is 5.27. The van der Waals surface area contributed by atoms with Crippen LogP contribution in [-0.2, 0) is 40.1 Å². The lowest BCUT2D eigenvalue weighted by Crippen LogP contribution is -2.14. The number of ketones is 1. The fourth-order valence-corrected chi connectivity index (χ4v) is 17.6. The number of hydrogen-bond acceptors (Lipinski definition) is 12. The topological polar surface area (TPSA) is 286 Å². The van der Waals surface area contributed by atoms with Crippen LogP contribution in [-0.4, -0.2) is 86.4 Å². The maximum atomic E-state index is 12.6. The second-order valence-electron chi connectivity index (χ2n) is 31.0. The predicted molar refractivity (Wildman–Crippen MR) is 552 cm³/mol.